The first-order valence-corrected chi connectivity index (χ1v) is 6.61. The maximum Gasteiger partial charge on any atom is 0.141 e. The van der Waals surface area contributed by atoms with Gasteiger partial charge in [-0.15, -0.1) is 0 Å². The van der Waals surface area contributed by atoms with Crippen molar-refractivity contribution in [2.24, 2.45) is 0 Å². The fourth-order valence-electron chi connectivity index (χ4n) is 2.05. The number of nitrogens with two attached hydrogens (primary N) is 1. The molecule has 2 heteroatoms. The highest BCUT2D eigenvalue weighted by molar-refractivity contribution is 5.83. The molecule has 0 aromatic heterocycles. The fraction of sp³-hybridized carbons (Fsp3) is 0.235. The van der Waals surface area contributed by atoms with Crippen molar-refractivity contribution in [3.8, 4) is 0 Å². The number of anilines is 1. The highest BCUT2D eigenvalue weighted by Crippen LogP contribution is 2.10. The molecule has 0 unspecified atom stereocenters. The van der Waals surface area contributed by atoms with E-state index in [9.17, 15) is 4.79 Å². The summed E-state index contributed by atoms with van der Waals surface area (Å²) < 4.78 is 0. The van der Waals surface area contributed by atoms with E-state index in [1.165, 1.54) is 5.56 Å². The number of carbonyl (C=O) groups excluding carboxylic acids is 1. The molecule has 0 atom stereocenters. The van der Waals surface area contributed by atoms with Gasteiger partial charge in [0, 0.05) is 18.5 Å². The molecule has 2 rings (SSSR count). The topological polar surface area (TPSA) is 43.1 Å². The molecule has 0 radical (unpaired) electrons. The van der Waals surface area contributed by atoms with Crippen LogP contribution in [0.2, 0.25) is 0 Å². The molecule has 2 nitrogen and oxygen atoms in total. The summed E-state index contributed by atoms with van der Waals surface area (Å²) in [5, 5.41) is 0. The average molecular weight is 253 g/mol. The van der Waals surface area contributed by atoms with Crippen LogP contribution in [0.25, 0.3) is 0 Å². The molecule has 0 spiro atoms. The van der Waals surface area contributed by atoms with Crippen LogP contribution < -0.4 is 5.73 Å². The molecule has 98 valence electrons. The predicted octanol–water partition coefficient (Wildman–Crippen LogP) is 3.19. The monoisotopic (exact) mass is 253 g/mol. The normalized spacial score (nSPS) is 10.4. The Morgan fingerprint density at radius 3 is 1.74 bits per heavy atom. The van der Waals surface area contributed by atoms with Gasteiger partial charge >= 0.3 is 0 Å². The largest absolute Gasteiger partial charge is 0.399 e. The van der Waals surface area contributed by atoms with Crippen LogP contribution in [-0.2, 0) is 24.1 Å². The lowest BCUT2D eigenvalue weighted by atomic mass is 10.0. The molecule has 0 amide bonds. The third-order valence-electron chi connectivity index (χ3n) is 3.21. The number of benzene rings is 2. The zero-order chi connectivity index (χ0) is 13.7. The highest BCUT2D eigenvalue weighted by Gasteiger charge is 2.05. The van der Waals surface area contributed by atoms with Crippen molar-refractivity contribution < 1.29 is 4.79 Å². The summed E-state index contributed by atoms with van der Waals surface area (Å²) >= 11 is 0. The predicted molar refractivity (Wildman–Crippen MR) is 79.1 cm³/mol. The zero-order valence-corrected chi connectivity index (χ0v) is 11.2. The standard InChI is InChI=1S/C17H19NO/c1-2-13-3-5-14(6-4-13)11-17(19)12-15-7-9-16(18)10-8-15/h3-10H,2,11-12,18H2,1H3. The smallest absolute Gasteiger partial charge is 0.141 e. The molecule has 0 aliphatic carbocycles. The van der Waals surface area contributed by atoms with Gasteiger partial charge in [-0.25, -0.2) is 0 Å². The SMILES string of the molecule is CCc1ccc(CC(=O)Cc2ccc(N)cc2)cc1. The van der Waals surface area contributed by atoms with Crippen molar-refractivity contribution in [2.75, 3.05) is 5.73 Å². The highest BCUT2D eigenvalue weighted by atomic mass is 16.1. The van der Waals surface area contributed by atoms with Gasteiger partial charge in [-0.2, -0.15) is 0 Å². The molecule has 0 bridgehead atoms. The van der Waals surface area contributed by atoms with Gasteiger partial charge in [-0.3, -0.25) is 4.79 Å². The Hall–Kier alpha value is -2.09. The lowest BCUT2D eigenvalue weighted by Crippen LogP contribution is -2.06. The number of rotatable bonds is 5. The van der Waals surface area contributed by atoms with Crippen LogP contribution in [0, 0.1) is 0 Å². The molecule has 0 heterocycles. The van der Waals surface area contributed by atoms with Gasteiger partial charge < -0.3 is 5.73 Å². The van der Waals surface area contributed by atoms with E-state index in [-0.39, 0.29) is 5.78 Å². The number of nitrogen functional groups attached to an aromatic ring is 1. The van der Waals surface area contributed by atoms with E-state index in [1.807, 2.05) is 36.4 Å². The third-order valence-corrected chi connectivity index (χ3v) is 3.21. The van der Waals surface area contributed by atoms with Gasteiger partial charge in [0.05, 0.1) is 0 Å². The first-order chi connectivity index (χ1) is 9.17. The molecule has 0 aliphatic heterocycles. The van der Waals surface area contributed by atoms with Crippen molar-refractivity contribution in [3.05, 3.63) is 65.2 Å². The second kappa shape index (κ2) is 6.19. The quantitative estimate of drug-likeness (QED) is 0.832. The van der Waals surface area contributed by atoms with Gasteiger partial charge in [0.25, 0.3) is 0 Å². The molecule has 0 saturated carbocycles. The Kier molecular flexibility index (Phi) is 4.35. The Labute approximate surface area is 114 Å². The molecule has 2 N–H and O–H groups in total. The second-order valence-corrected chi connectivity index (χ2v) is 4.80. The maximum absolute atomic E-state index is 12.0. The zero-order valence-electron chi connectivity index (χ0n) is 11.2. The minimum absolute atomic E-state index is 0.231. The lowest BCUT2D eigenvalue weighted by molar-refractivity contribution is -0.117. The van der Waals surface area contributed by atoms with Crippen LogP contribution >= 0.6 is 0 Å². The summed E-state index contributed by atoms with van der Waals surface area (Å²) in [5.41, 5.74) is 9.75. The van der Waals surface area contributed by atoms with E-state index in [4.69, 9.17) is 5.73 Å². The molecule has 0 saturated heterocycles. The van der Waals surface area contributed by atoms with Crippen molar-refractivity contribution >= 4 is 11.5 Å². The van der Waals surface area contributed by atoms with Crippen LogP contribution in [0.15, 0.2) is 48.5 Å². The molecule has 2 aromatic carbocycles. The Morgan fingerprint density at radius 2 is 1.26 bits per heavy atom. The first-order valence-electron chi connectivity index (χ1n) is 6.61. The van der Waals surface area contributed by atoms with E-state index in [1.54, 1.807) is 0 Å². The minimum atomic E-state index is 0.231. The van der Waals surface area contributed by atoms with Crippen LogP contribution in [0.3, 0.4) is 0 Å². The second-order valence-electron chi connectivity index (χ2n) is 4.80. The third kappa shape index (κ3) is 3.95. The number of aryl methyl sites for hydroxylation is 1. The molecular weight excluding hydrogens is 234 g/mol. The maximum atomic E-state index is 12.0. The van der Waals surface area contributed by atoms with Crippen LogP contribution in [0.1, 0.15) is 23.6 Å². The van der Waals surface area contributed by atoms with Gasteiger partial charge in [-0.05, 0) is 35.2 Å². The van der Waals surface area contributed by atoms with Crippen LogP contribution in [0.5, 0.6) is 0 Å². The number of ketones is 1. The summed E-state index contributed by atoms with van der Waals surface area (Å²) in [5.74, 6) is 0.231. The lowest BCUT2D eigenvalue weighted by Gasteiger charge is -2.04. The summed E-state index contributed by atoms with van der Waals surface area (Å²) in [6, 6.07) is 15.7. The van der Waals surface area contributed by atoms with Gasteiger partial charge in [0.1, 0.15) is 5.78 Å². The number of hydrogen-bond donors (Lipinski definition) is 1. The van der Waals surface area contributed by atoms with Crippen molar-refractivity contribution in [3.63, 3.8) is 0 Å². The summed E-state index contributed by atoms with van der Waals surface area (Å²) in [4.78, 5) is 12.0. The van der Waals surface area contributed by atoms with Crippen molar-refractivity contribution in [1.82, 2.24) is 0 Å². The molecule has 19 heavy (non-hydrogen) atoms. The number of hydrogen-bond acceptors (Lipinski definition) is 2. The first kappa shape index (κ1) is 13.3. The summed E-state index contributed by atoms with van der Waals surface area (Å²) in [6.45, 7) is 2.13. The van der Waals surface area contributed by atoms with Crippen molar-refractivity contribution in [2.45, 2.75) is 26.2 Å². The van der Waals surface area contributed by atoms with Crippen molar-refractivity contribution in [1.29, 1.82) is 0 Å². The summed E-state index contributed by atoms with van der Waals surface area (Å²) in [7, 11) is 0. The molecule has 0 fully saturated rings. The van der Waals surface area contributed by atoms with E-state index < -0.39 is 0 Å². The Morgan fingerprint density at radius 1 is 0.842 bits per heavy atom. The molecule has 0 aliphatic rings. The van der Waals surface area contributed by atoms with Gasteiger partial charge in [0.15, 0.2) is 0 Å². The number of Topliss-reactive ketones (excluding diaryl/α,β-unsaturated/α-hetero) is 1. The van der Waals surface area contributed by atoms with E-state index in [0.717, 1.165) is 23.2 Å². The number of carbonyl (C=O) groups is 1. The van der Waals surface area contributed by atoms with E-state index >= 15 is 0 Å². The van der Waals surface area contributed by atoms with E-state index in [0.29, 0.717) is 12.8 Å². The van der Waals surface area contributed by atoms with Crippen LogP contribution in [-0.4, -0.2) is 5.78 Å². The van der Waals surface area contributed by atoms with Crippen LogP contribution in [0.4, 0.5) is 5.69 Å². The van der Waals surface area contributed by atoms with Gasteiger partial charge in [-0.1, -0.05) is 43.3 Å². The Balaban J connectivity index is 1.95. The Bertz CT molecular complexity index is 540. The minimum Gasteiger partial charge on any atom is -0.399 e. The average Bonchev–Trinajstić information content (AvgIpc) is 2.42. The fourth-order valence-corrected chi connectivity index (χ4v) is 2.05. The van der Waals surface area contributed by atoms with E-state index in [2.05, 4.69) is 19.1 Å². The van der Waals surface area contributed by atoms with Gasteiger partial charge in [0.2, 0.25) is 0 Å². The summed E-state index contributed by atoms with van der Waals surface area (Å²) in [6.07, 6.45) is 1.99. The molecular formula is C17H19NO. The molecule has 2 aromatic rings.